The second-order valence-electron chi connectivity index (χ2n) is 5.05. The highest BCUT2D eigenvalue weighted by Gasteiger charge is 2.13. The standard InChI is InChI=1S/C18H21NO3/c1-2-3-7-12-22-15-10-11-16(17(20)13-15)18(19-21)14-8-5-4-6-9-14/h4-6,8-11,13,20-21H,2-3,7,12H2,1H3. The van der Waals surface area contributed by atoms with E-state index in [1.54, 1.807) is 18.2 Å². The molecule has 0 saturated heterocycles. The summed E-state index contributed by atoms with van der Waals surface area (Å²) in [5, 5.41) is 22.8. The molecule has 0 unspecified atom stereocenters. The molecule has 0 aliphatic heterocycles. The summed E-state index contributed by atoms with van der Waals surface area (Å²) < 4.78 is 5.60. The molecule has 0 spiro atoms. The summed E-state index contributed by atoms with van der Waals surface area (Å²) in [6.07, 6.45) is 3.26. The molecule has 0 saturated carbocycles. The number of benzene rings is 2. The predicted molar refractivity (Wildman–Crippen MR) is 87.0 cm³/mol. The van der Waals surface area contributed by atoms with Gasteiger partial charge in [0, 0.05) is 17.2 Å². The van der Waals surface area contributed by atoms with Crippen molar-refractivity contribution < 1.29 is 15.1 Å². The molecule has 22 heavy (non-hydrogen) atoms. The molecule has 116 valence electrons. The van der Waals surface area contributed by atoms with E-state index in [9.17, 15) is 10.3 Å². The minimum absolute atomic E-state index is 0.0321. The molecule has 0 atom stereocenters. The Bertz CT molecular complexity index is 623. The topological polar surface area (TPSA) is 62.0 Å². The van der Waals surface area contributed by atoms with Crippen molar-refractivity contribution in [2.45, 2.75) is 26.2 Å². The summed E-state index contributed by atoms with van der Waals surface area (Å²) in [7, 11) is 0. The van der Waals surface area contributed by atoms with Crippen LogP contribution in [0.15, 0.2) is 53.7 Å². The Balaban J connectivity index is 2.15. The first kappa shape index (κ1) is 15.9. The number of ether oxygens (including phenoxy) is 1. The molecule has 0 radical (unpaired) electrons. The van der Waals surface area contributed by atoms with Gasteiger partial charge < -0.3 is 15.1 Å². The fraction of sp³-hybridized carbons (Fsp3) is 0.278. The molecule has 2 aromatic rings. The van der Waals surface area contributed by atoms with Gasteiger partial charge in [0.25, 0.3) is 0 Å². The molecule has 0 aliphatic carbocycles. The maximum Gasteiger partial charge on any atom is 0.128 e. The monoisotopic (exact) mass is 299 g/mol. The molecular weight excluding hydrogens is 278 g/mol. The zero-order valence-electron chi connectivity index (χ0n) is 12.7. The summed E-state index contributed by atoms with van der Waals surface area (Å²) in [6.45, 7) is 2.77. The van der Waals surface area contributed by atoms with Crippen molar-refractivity contribution in [2.75, 3.05) is 6.61 Å². The molecule has 2 N–H and O–H groups in total. The van der Waals surface area contributed by atoms with Gasteiger partial charge in [-0.1, -0.05) is 55.3 Å². The van der Waals surface area contributed by atoms with Crippen molar-refractivity contribution in [1.82, 2.24) is 0 Å². The Labute approximate surface area is 130 Å². The number of oxime groups is 1. The van der Waals surface area contributed by atoms with Crippen LogP contribution in [-0.4, -0.2) is 22.6 Å². The number of unbranched alkanes of at least 4 members (excludes halogenated alkanes) is 2. The second-order valence-corrected chi connectivity index (χ2v) is 5.05. The highest BCUT2D eigenvalue weighted by atomic mass is 16.5. The fourth-order valence-corrected chi connectivity index (χ4v) is 2.21. The minimum Gasteiger partial charge on any atom is -0.507 e. The van der Waals surface area contributed by atoms with Crippen molar-refractivity contribution >= 4 is 5.71 Å². The third-order valence-corrected chi connectivity index (χ3v) is 3.39. The summed E-state index contributed by atoms with van der Waals surface area (Å²) in [6, 6.07) is 14.3. The van der Waals surface area contributed by atoms with E-state index in [-0.39, 0.29) is 5.75 Å². The van der Waals surface area contributed by atoms with Gasteiger partial charge in [-0.3, -0.25) is 0 Å². The molecule has 4 heteroatoms. The molecule has 4 nitrogen and oxygen atoms in total. The van der Waals surface area contributed by atoms with E-state index in [1.165, 1.54) is 0 Å². The van der Waals surface area contributed by atoms with E-state index < -0.39 is 0 Å². The van der Waals surface area contributed by atoms with Crippen LogP contribution in [0, 0.1) is 0 Å². The number of phenolic OH excluding ortho intramolecular Hbond substituents is 1. The van der Waals surface area contributed by atoms with Gasteiger partial charge in [0.05, 0.1) is 6.61 Å². The number of hydrogen-bond donors (Lipinski definition) is 2. The minimum atomic E-state index is 0.0321. The summed E-state index contributed by atoms with van der Waals surface area (Å²) in [4.78, 5) is 0. The summed E-state index contributed by atoms with van der Waals surface area (Å²) in [5.41, 5.74) is 1.53. The molecule has 0 fully saturated rings. The van der Waals surface area contributed by atoms with Crippen molar-refractivity contribution in [2.24, 2.45) is 5.16 Å². The first-order chi connectivity index (χ1) is 10.8. The lowest BCUT2D eigenvalue weighted by Crippen LogP contribution is -2.04. The average molecular weight is 299 g/mol. The van der Waals surface area contributed by atoms with Crippen molar-refractivity contribution in [3.05, 3.63) is 59.7 Å². The molecule has 0 aliphatic rings. The van der Waals surface area contributed by atoms with Gasteiger partial charge in [0.1, 0.15) is 17.2 Å². The number of nitrogens with zero attached hydrogens (tertiary/aromatic N) is 1. The molecular formula is C18H21NO3. The van der Waals surface area contributed by atoms with E-state index in [4.69, 9.17) is 4.74 Å². The van der Waals surface area contributed by atoms with E-state index in [0.717, 1.165) is 24.8 Å². The van der Waals surface area contributed by atoms with Crippen LogP contribution in [0.2, 0.25) is 0 Å². The summed E-state index contributed by atoms with van der Waals surface area (Å²) >= 11 is 0. The normalized spacial score (nSPS) is 11.4. The van der Waals surface area contributed by atoms with Gasteiger partial charge in [0.2, 0.25) is 0 Å². The lowest BCUT2D eigenvalue weighted by molar-refractivity contribution is 0.304. The molecule has 0 heterocycles. The van der Waals surface area contributed by atoms with Crippen LogP contribution in [0.3, 0.4) is 0 Å². The Kier molecular flexibility index (Phi) is 5.83. The lowest BCUT2D eigenvalue weighted by Gasteiger charge is -2.10. The lowest BCUT2D eigenvalue weighted by atomic mass is 10.0. The van der Waals surface area contributed by atoms with Gasteiger partial charge in [-0.2, -0.15) is 0 Å². The average Bonchev–Trinajstić information content (AvgIpc) is 2.55. The number of rotatable bonds is 7. The maximum atomic E-state index is 10.2. The van der Waals surface area contributed by atoms with E-state index in [1.807, 2.05) is 30.3 Å². The van der Waals surface area contributed by atoms with Crippen LogP contribution < -0.4 is 4.74 Å². The summed E-state index contributed by atoms with van der Waals surface area (Å²) in [5.74, 6) is 0.646. The zero-order valence-corrected chi connectivity index (χ0v) is 12.7. The smallest absolute Gasteiger partial charge is 0.128 e. The quantitative estimate of drug-likeness (QED) is 0.349. The number of hydrogen-bond acceptors (Lipinski definition) is 4. The third-order valence-electron chi connectivity index (χ3n) is 3.39. The largest absolute Gasteiger partial charge is 0.507 e. The van der Waals surface area contributed by atoms with Crippen LogP contribution in [0.5, 0.6) is 11.5 Å². The Morgan fingerprint density at radius 3 is 2.50 bits per heavy atom. The molecule has 2 aromatic carbocycles. The third kappa shape index (κ3) is 4.01. The number of aromatic hydroxyl groups is 1. The number of phenols is 1. The Morgan fingerprint density at radius 1 is 1.09 bits per heavy atom. The molecule has 0 bridgehead atoms. The van der Waals surface area contributed by atoms with Gasteiger partial charge in [-0.05, 0) is 18.6 Å². The first-order valence-corrected chi connectivity index (χ1v) is 7.50. The Morgan fingerprint density at radius 2 is 1.86 bits per heavy atom. The van der Waals surface area contributed by atoms with Crippen LogP contribution in [0.4, 0.5) is 0 Å². The van der Waals surface area contributed by atoms with Crippen molar-refractivity contribution in [3.63, 3.8) is 0 Å². The molecule has 0 aromatic heterocycles. The van der Waals surface area contributed by atoms with Crippen molar-refractivity contribution in [1.29, 1.82) is 0 Å². The second kappa shape index (κ2) is 8.08. The van der Waals surface area contributed by atoms with Crippen molar-refractivity contribution in [3.8, 4) is 11.5 Å². The van der Waals surface area contributed by atoms with Gasteiger partial charge in [0.15, 0.2) is 0 Å². The molecule has 2 rings (SSSR count). The van der Waals surface area contributed by atoms with E-state index >= 15 is 0 Å². The highest BCUT2D eigenvalue weighted by molar-refractivity contribution is 6.14. The van der Waals surface area contributed by atoms with E-state index in [0.29, 0.717) is 23.6 Å². The molecule has 0 amide bonds. The van der Waals surface area contributed by atoms with Crippen LogP contribution in [-0.2, 0) is 0 Å². The predicted octanol–water partition coefficient (Wildman–Crippen LogP) is 4.19. The van der Waals surface area contributed by atoms with Crippen LogP contribution >= 0.6 is 0 Å². The van der Waals surface area contributed by atoms with Gasteiger partial charge in [-0.25, -0.2) is 0 Å². The highest BCUT2D eigenvalue weighted by Crippen LogP contribution is 2.26. The van der Waals surface area contributed by atoms with Crippen LogP contribution in [0.1, 0.15) is 37.3 Å². The Hall–Kier alpha value is -2.49. The van der Waals surface area contributed by atoms with Gasteiger partial charge in [-0.15, -0.1) is 0 Å². The SMILES string of the molecule is CCCCCOc1ccc(C(=NO)c2ccccc2)c(O)c1. The first-order valence-electron chi connectivity index (χ1n) is 7.50. The van der Waals surface area contributed by atoms with Gasteiger partial charge >= 0.3 is 0 Å². The zero-order chi connectivity index (χ0) is 15.8. The van der Waals surface area contributed by atoms with Crippen LogP contribution in [0.25, 0.3) is 0 Å². The van der Waals surface area contributed by atoms with E-state index in [2.05, 4.69) is 12.1 Å². The fourth-order valence-electron chi connectivity index (χ4n) is 2.21. The maximum absolute atomic E-state index is 10.2.